The normalized spacial score (nSPS) is 9.96. The van der Waals surface area contributed by atoms with Gasteiger partial charge in [-0.05, 0) is 49.0 Å². The third-order valence-electron chi connectivity index (χ3n) is 3.49. The molecule has 0 aliphatic carbocycles. The molecule has 2 rings (SSSR count). The van der Waals surface area contributed by atoms with Gasteiger partial charge in [0.25, 0.3) is 11.6 Å². The Bertz CT molecular complexity index is 811. The van der Waals surface area contributed by atoms with E-state index in [0.29, 0.717) is 23.6 Å². The van der Waals surface area contributed by atoms with Crippen LogP contribution in [0.2, 0.25) is 0 Å². The third kappa shape index (κ3) is 6.55. The lowest BCUT2D eigenvalue weighted by atomic mass is 10.2. The second-order valence-electron chi connectivity index (χ2n) is 5.57. The number of benzene rings is 2. The van der Waals surface area contributed by atoms with Gasteiger partial charge < -0.3 is 10.1 Å². The Hall–Kier alpha value is -3.20. The van der Waals surface area contributed by atoms with Gasteiger partial charge in [-0.25, -0.2) is 0 Å². The molecule has 0 spiro atoms. The number of carbonyl (C=O) groups is 1. The van der Waals surface area contributed by atoms with Crippen LogP contribution < -0.4 is 20.9 Å². The number of nitro groups is 1. The molecule has 0 fully saturated rings. The number of hydrogen-bond acceptors (Lipinski definition) is 5. The van der Waals surface area contributed by atoms with Crippen LogP contribution in [0.4, 0.5) is 11.4 Å². The van der Waals surface area contributed by atoms with Crippen molar-refractivity contribution in [3.05, 3.63) is 64.2 Å². The predicted octanol–water partition coefficient (Wildman–Crippen LogP) is 3.41. The molecule has 2 aromatic carbocycles. The highest BCUT2D eigenvalue weighted by Gasteiger charge is 2.08. The summed E-state index contributed by atoms with van der Waals surface area (Å²) in [4.78, 5) is 22.4. The van der Waals surface area contributed by atoms with Crippen LogP contribution in [0, 0.1) is 10.1 Å². The monoisotopic (exact) mass is 388 g/mol. The number of anilines is 1. The highest BCUT2D eigenvalue weighted by molar-refractivity contribution is 7.80. The minimum absolute atomic E-state index is 0.0197. The summed E-state index contributed by atoms with van der Waals surface area (Å²) in [6.07, 6.45) is 1.98. The van der Waals surface area contributed by atoms with Gasteiger partial charge >= 0.3 is 0 Å². The molecule has 0 aliphatic heterocycles. The van der Waals surface area contributed by atoms with E-state index < -0.39 is 4.92 Å². The first-order valence-corrected chi connectivity index (χ1v) is 8.75. The highest BCUT2D eigenvalue weighted by atomic mass is 32.1. The molecule has 3 N–H and O–H groups in total. The van der Waals surface area contributed by atoms with Gasteiger partial charge in [0, 0.05) is 23.4 Å². The zero-order valence-electron chi connectivity index (χ0n) is 14.7. The van der Waals surface area contributed by atoms with Crippen LogP contribution in [0.15, 0.2) is 48.5 Å². The average Bonchev–Trinajstić information content (AvgIpc) is 2.67. The summed E-state index contributed by atoms with van der Waals surface area (Å²) in [5, 5.41) is 13.6. The second kappa shape index (κ2) is 10.1. The smallest absolute Gasteiger partial charge is 0.269 e. The average molecular weight is 388 g/mol. The van der Waals surface area contributed by atoms with Gasteiger partial charge in [-0.1, -0.05) is 19.4 Å². The Labute approximate surface area is 162 Å². The van der Waals surface area contributed by atoms with Crippen LogP contribution in [0.3, 0.4) is 0 Å². The molecule has 0 bridgehead atoms. The number of amides is 1. The lowest BCUT2D eigenvalue weighted by Crippen LogP contribution is -2.43. The van der Waals surface area contributed by atoms with Crippen molar-refractivity contribution < 1.29 is 14.5 Å². The van der Waals surface area contributed by atoms with E-state index in [9.17, 15) is 14.9 Å². The van der Waals surface area contributed by atoms with E-state index in [1.165, 1.54) is 24.3 Å². The van der Waals surface area contributed by atoms with Gasteiger partial charge in [0.1, 0.15) is 5.75 Å². The minimum Gasteiger partial charge on any atom is -0.494 e. The van der Waals surface area contributed by atoms with Crippen LogP contribution >= 0.6 is 12.2 Å². The van der Waals surface area contributed by atoms with Crippen LogP contribution in [0.5, 0.6) is 5.75 Å². The number of ether oxygens (including phenoxy) is 1. The Morgan fingerprint density at radius 1 is 1.19 bits per heavy atom. The van der Waals surface area contributed by atoms with E-state index in [1.54, 1.807) is 24.3 Å². The van der Waals surface area contributed by atoms with Crippen molar-refractivity contribution in [1.82, 2.24) is 10.9 Å². The molecule has 8 nitrogen and oxygen atoms in total. The fourth-order valence-corrected chi connectivity index (χ4v) is 2.24. The topological polar surface area (TPSA) is 106 Å². The SMILES string of the molecule is CCCCOc1cccc(C(=O)NNC(=S)Nc2ccc([N+](=O)[O-])cc2)c1. The van der Waals surface area contributed by atoms with Crippen molar-refractivity contribution in [3.63, 3.8) is 0 Å². The van der Waals surface area contributed by atoms with E-state index in [0.717, 1.165) is 12.8 Å². The number of non-ortho nitro benzene ring substituents is 1. The second-order valence-corrected chi connectivity index (χ2v) is 5.98. The van der Waals surface area contributed by atoms with Crippen molar-refractivity contribution in [2.75, 3.05) is 11.9 Å². The van der Waals surface area contributed by atoms with Gasteiger partial charge in [-0.2, -0.15) is 0 Å². The van der Waals surface area contributed by atoms with Crippen molar-refractivity contribution in [3.8, 4) is 5.75 Å². The van der Waals surface area contributed by atoms with Gasteiger partial charge in [-0.15, -0.1) is 0 Å². The first kappa shape index (κ1) is 20.1. The summed E-state index contributed by atoms with van der Waals surface area (Å²) in [6, 6.07) is 12.6. The van der Waals surface area contributed by atoms with E-state index in [1.807, 2.05) is 0 Å². The fourth-order valence-electron chi connectivity index (χ4n) is 2.08. The molecular formula is C18H20N4O4S. The van der Waals surface area contributed by atoms with Crippen LogP contribution in [-0.4, -0.2) is 22.5 Å². The Balaban J connectivity index is 1.84. The number of nitro benzene ring substituents is 1. The molecule has 0 saturated heterocycles. The number of hydrazine groups is 1. The summed E-state index contributed by atoms with van der Waals surface area (Å²) in [5.74, 6) is 0.256. The van der Waals surface area contributed by atoms with Gasteiger partial charge in [0.15, 0.2) is 5.11 Å². The zero-order chi connectivity index (χ0) is 19.6. The summed E-state index contributed by atoms with van der Waals surface area (Å²) in [7, 11) is 0. The predicted molar refractivity (Wildman–Crippen MR) is 107 cm³/mol. The standard InChI is InChI=1S/C18H20N4O4S/c1-2-3-11-26-16-6-4-5-13(12-16)17(23)20-21-18(27)19-14-7-9-15(10-8-14)22(24)25/h4-10,12H,2-3,11H2,1H3,(H,20,23)(H2,19,21,27). The minimum atomic E-state index is -0.485. The Morgan fingerprint density at radius 3 is 2.59 bits per heavy atom. The van der Waals surface area contributed by atoms with Crippen molar-refractivity contribution >= 4 is 34.6 Å². The largest absolute Gasteiger partial charge is 0.494 e. The highest BCUT2D eigenvalue weighted by Crippen LogP contribution is 2.15. The van der Waals surface area contributed by atoms with E-state index >= 15 is 0 Å². The number of rotatable bonds is 7. The van der Waals surface area contributed by atoms with Crippen molar-refractivity contribution in [1.29, 1.82) is 0 Å². The summed E-state index contributed by atoms with van der Waals surface area (Å²) < 4.78 is 5.58. The number of thiocarbonyl (C=S) groups is 1. The van der Waals surface area contributed by atoms with Crippen LogP contribution in [0.1, 0.15) is 30.1 Å². The maximum Gasteiger partial charge on any atom is 0.269 e. The first-order valence-electron chi connectivity index (χ1n) is 8.34. The zero-order valence-corrected chi connectivity index (χ0v) is 15.5. The molecule has 0 saturated carbocycles. The summed E-state index contributed by atoms with van der Waals surface area (Å²) in [6.45, 7) is 2.68. The molecule has 0 aromatic heterocycles. The Morgan fingerprint density at radius 2 is 1.93 bits per heavy atom. The van der Waals surface area contributed by atoms with E-state index in [-0.39, 0.29) is 16.7 Å². The summed E-state index contributed by atoms with van der Waals surface area (Å²) in [5.41, 5.74) is 6.03. The number of nitrogens with one attached hydrogen (secondary N) is 3. The number of nitrogens with zero attached hydrogens (tertiary/aromatic N) is 1. The van der Waals surface area contributed by atoms with Crippen molar-refractivity contribution in [2.24, 2.45) is 0 Å². The maximum absolute atomic E-state index is 12.2. The lowest BCUT2D eigenvalue weighted by molar-refractivity contribution is -0.384. The molecule has 2 aromatic rings. The molecule has 0 atom stereocenters. The summed E-state index contributed by atoms with van der Waals surface area (Å²) >= 11 is 5.09. The molecule has 1 amide bonds. The molecule has 0 heterocycles. The van der Waals surface area contributed by atoms with Crippen LogP contribution in [-0.2, 0) is 0 Å². The molecule has 9 heteroatoms. The molecule has 27 heavy (non-hydrogen) atoms. The lowest BCUT2D eigenvalue weighted by Gasteiger charge is -2.12. The first-order chi connectivity index (χ1) is 13.0. The molecule has 142 valence electrons. The third-order valence-corrected chi connectivity index (χ3v) is 3.69. The quantitative estimate of drug-likeness (QED) is 0.289. The molecule has 0 radical (unpaired) electrons. The van der Waals surface area contributed by atoms with Crippen LogP contribution in [0.25, 0.3) is 0 Å². The van der Waals surface area contributed by atoms with E-state index in [2.05, 4.69) is 23.1 Å². The van der Waals surface area contributed by atoms with Gasteiger partial charge in [0.2, 0.25) is 0 Å². The van der Waals surface area contributed by atoms with Gasteiger partial charge in [-0.3, -0.25) is 25.8 Å². The Kier molecular flexibility index (Phi) is 7.50. The fraction of sp³-hybridized carbons (Fsp3) is 0.222. The number of unbranched alkanes of at least 4 members (excludes halogenated alkanes) is 1. The molecular weight excluding hydrogens is 368 g/mol. The van der Waals surface area contributed by atoms with E-state index in [4.69, 9.17) is 17.0 Å². The van der Waals surface area contributed by atoms with Gasteiger partial charge in [0.05, 0.1) is 11.5 Å². The maximum atomic E-state index is 12.2. The number of carbonyl (C=O) groups excluding carboxylic acids is 1. The molecule has 0 aliphatic rings. The number of hydrogen-bond donors (Lipinski definition) is 3. The van der Waals surface area contributed by atoms with Crippen molar-refractivity contribution in [2.45, 2.75) is 19.8 Å². The molecule has 0 unspecified atom stereocenters.